The van der Waals surface area contributed by atoms with Crippen molar-refractivity contribution in [3.63, 3.8) is 0 Å². The van der Waals surface area contributed by atoms with Crippen LogP contribution in [0.5, 0.6) is 0 Å². The fourth-order valence-electron chi connectivity index (χ4n) is 3.28. The van der Waals surface area contributed by atoms with Gasteiger partial charge >= 0.3 is 5.97 Å². The van der Waals surface area contributed by atoms with Gasteiger partial charge in [0.05, 0.1) is 11.5 Å². The van der Waals surface area contributed by atoms with Gasteiger partial charge in [0.1, 0.15) is 18.3 Å². The third-order valence-corrected chi connectivity index (χ3v) is 4.81. The molecule has 1 aliphatic rings. The average molecular weight is 388 g/mol. The maximum absolute atomic E-state index is 12.5. The van der Waals surface area contributed by atoms with E-state index in [1.54, 1.807) is 0 Å². The molecule has 0 atom stereocenters. The van der Waals surface area contributed by atoms with E-state index in [2.05, 4.69) is 15.4 Å². The maximum Gasteiger partial charge on any atom is 0.317 e. The molecule has 28 heavy (non-hydrogen) atoms. The number of nitrogens with one attached hydrogen (secondary N) is 1. The minimum atomic E-state index is -0.880. The molecule has 0 bridgehead atoms. The van der Waals surface area contributed by atoms with E-state index < -0.39 is 16.8 Å². The van der Waals surface area contributed by atoms with Crippen molar-refractivity contribution in [1.82, 2.24) is 25.0 Å². The van der Waals surface area contributed by atoms with Gasteiger partial charge in [0, 0.05) is 23.7 Å². The van der Waals surface area contributed by atoms with Gasteiger partial charge in [-0.3, -0.25) is 24.6 Å². The molecule has 148 valence electrons. The quantitative estimate of drug-likeness (QED) is 0.500. The molecular formula is C17H20N6O5. The molecule has 11 heteroatoms. The summed E-state index contributed by atoms with van der Waals surface area (Å²) >= 11 is 0. The summed E-state index contributed by atoms with van der Waals surface area (Å²) in [5.74, 6) is -1.29. The Bertz CT molecular complexity index is 878. The second-order valence-corrected chi connectivity index (χ2v) is 6.55. The van der Waals surface area contributed by atoms with Gasteiger partial charge in [-0.05, 0) is 31.5 Å². The highest BCUT2D eigenvalue weighted by atomic mass is 16.6. The molecule has 0 aliphatic heterocycles. The minimum Gasteiger partial charge on any atom is -0.480 e. The third kappa shape index (κ3) is 4.14. The highest BCUT2D eigenvalue weighted by Gasteiger charge is 2.35. The van der Waals surface area contributed by atoms with Crippen LogP contribution in [0.15, 0.2) is 30.9 Å². The van der Waals surface area contributed by atoms with Gasteiger partial charge in [0.25, 0.3) is 11.6 Å². The van der Waals surface area contributed by atoms with E-state index in [1.807, 2.05) is 11.8 Å². The van der Waals surface area contributed by atoms with Crippen molar-refractivity contribution < 1.29 is 19.6 Å². The van der Waals surface area contributed by atoms with Gasteiger partial charge in [-0.2, -0.15) is 5.10 Å². The maximum atomic E-state index is 12.5. The summed E-state index contributed by atoms with van der Waals surface area (Å²) in [5.41, 5.74) is 0.148. The third-order valence-electron chi connectivity index (χ3n) is 4.81. The van der Waals surface area contributed by atoms with E-state index in [1.165, 1.54) is 35.5 Å². The number of carbonyl (C=O) groups is 2. The second kappa shape index (κ2) is 8.13. The Hall–Kier alpha value is -3.34. The van der Waals surface area contributed by atoms with E-state index >= 15 is 0 Å². The standard InChI is InChI=1S/C17H20N6O5/c1-2-21(8-16(24)25)13-6-12(7-13)20-17(26)11-3-4-14(15(5-11)23(27)28)22-10-18-9-19-22/h3-5,9-10,12-13H,2,6-8H2,1H3,(H,20,26)(H,24,25). The lowest BCUT2D eigenvalue weighted by atomic mass is 9.85. The molecule has 0 unspecified atom stereocenters. The van der Waals surface area contributed by atoms with Crippen molar-refractivity contribution in [3.05, 3.63) is 46.5 Å². The summed E-state index contributed by atoms with van der Waals surface area (Å²) in [7, 11) is 0. The highest BCUT2D eigenvalue weighted by Crippen LogP contribution is 2.27. The summed E-state index contributed by atoms with van der Waals surface area (Å²) in [6.45, 7) is 2.48. The van der Waals surface area contributed by atoms with Crippen molar-refractivity contribution in [3.8, 4) is 5.69 Å². The fraction of sp³-hybridized carbons (Fsp3) is 0.412. The van der Waals surface area contributed by atoms with Crippen LogP contribution in [0.4, 0.5) is 5.69 Å². The van der Waals surface area contributed by atoms with Crippen LogP contribution in [-0.2, 0) is 4.79 Å². The lowest BCUT2D eigenvalue weighted by Crippen LogP contribution is -2.54. The minimum absolute atomic E-state index is 0.0300. The molecular weight excluding hydrogens is 368 g/mol. The van der Waals surface area contributed by atoms with Crippen LogP contribution in [0.1, 0.15) is 30.1 Å². The van der Waals surface area contributed by atoms with E-state index in [-0.39, 0.29) is 35.6 Å². The smallest absolute Gasteiger partial charge is 0.317 e. The Balaban J connectivity index is 1.65. The Morgan fingerprint density at radius 3 is 2.75 bits per heavy atom. The molecule has 2 aromatic rings. The highest BCUT2D eigenvalue weighted by molar-refractivity contribution is 5.95. The summed E-state index contributed by atoms with van der Waals surface area (Å²) in [5, 5.41) is 27.0. The Morgan fingerprint density at radius 2 is 2.18 bits per heavy atom. The molecule has 3 rings (SSSR count). The SMILES string of the molecule is CCN(CC(=O)O)C1CC(NC(=O)c2ccc(-n3cncn3)c([N+](=O)[O-])c2)C1. The number of carbonyl (C=O) groups excluding carboxylic acids is 1. The molecule has 1 saturated carbocycles. The monoisotopic (exact) mass is 388 g/mol. The number of carboxylic acids is 1. The number of aromatic nitrogens is 3. The summed E-state index contributed by atoms with van der Waals surface area (Å²) < 4.78 is 1.26. The number of rotatable bonds is 8. The topological polar surface area (TPSA) is 143 Å². The normalized spacial score (nSPS) is 18.5. The van der Waals surface area contributed by atoms with Crippen molar-refractivity contribution in [2.24, 2.45) is 0 Å². The second-order valence-electron chi connectivity index (χ2n) is 6.55. The van der Waals surface area contributed by atoms with Crippen LogP contribution >= 0.6 is 0 Å². The van der Waals surface area contributed by atoms with Crippen LogP contribution in [0.3, 0.4) is 0 Å². The van der Waals surface area contributed by atoms with Gasteiger partial charge in [-0.15, -0.1) is 0 Å². The number of hydrogen-bond donors (Lipinski definition) is 2. The fourth-order valence-corrected chi connectivity index (χ4v) is 3.28. The number of aliphatic carboxylic acids is 1. The lowest BCUT2D eigenvalue weighted by Gasteiger charge is -2.42. The average Bonchev–Trinajstić information content (AvgIpc) is 3.16. The van der Waals surface area contributed by atoms with Crippen LogP contribution in [0, 0.1) is 10.1 Å². The molecule has 0 spiro atoms. The number of nitro benzene ring substituents is 1. The molecule has 1 aliphatic carbocycles. The molecule has 11 nitrogen and oxygen atoms in total. The first-order chi connectivity index (χ1) is 13.4. The number of nitro groups is 1. The number of amides is 1. The number of hydrogen-bond acceptors (Lipinski definition) is 7. The number of nitrogens with zero attached hydrogens (tertiary/aromatic N) is 5. The number of carboxylic acid groups (broad SMARTS) is 1. The van der Waals surface area contributed by atoms with E-state index in [0.717, 1.165) is 0 Å². The zero-order valence-electron chi connectivity index (χ0n) is 15.2. The predicted molar refractivity (Wildman–Crippen MR) is 97.2 cm³/mol. The van der Waals surface area contributed by atoms with Crippen LogP contribution < -0.4 is 5.32 Å². The number of benzene rings is 1. The summed E-state index contributed by atoms with van der Waals surface area (Å²) in [4.78, 5) is 39.8. The van der Waals surface area contributed by atoms with Gasteiger partial charge in [0.15, 0.2) is 0 Å². The van der Waals surface area contributed by atoms with Crippen molar-refractivity contribution in [2.75, 3.05) is 13.1 Å². The van der Waals surface area contributed by atoms with Crippen molar-refractivity contribution >= 4 is 17.6 Å². The molecule has 1 aromatic carbocycles. The largest absolute Gasteiger partial charge is 0.480 e. The van der Waals surface area contributed by atoms with Gasteiger partial charge in [-0.1, -0.05) is 6.92 Å². The number of likely N-dealkylation sites (N-methyl/N-ethyl adjacent to an activating group) is 1. The molecule has 0 saturated heterocycles. The summed E-state index contributed by atoms with van der Waals surface area (Å²) in [6.07, 6.45) is 3.90. The van der Waals surface area contributed by atoms with E-state index in [4.69, 9.17) is 5.11 Å². The van der Waals surface area contributed by atoms with E-state index in [0.29, 0.717) is 19.4 Å². The summed E-state index contributed by atoms with van der Waals surface area (Å²) in [6, 6.07) is 4.19. The van der Waals surface area contributed by atoms with Crippen LogP contribution in [-0.4, -0.2) is 66.7 Å². The molecule has 1 heterocycles. The first-order valence-corrected chi connectivity index (χ1v) is 8.79. The molecule has 2 N–H and O–H groups in total. The molecule has 1 aromatic heterocycles. The van der Waals surface area contributed by atoms with Crippen LogP contribution in [0.2, 0.25) is 0 Å². The van der Waals surface area contributed by atoms with Gasteiger partial charge in [0.2, 0.25) is 0 Å². The molecule has 0 radical (unpaired) electrons. The zero-order chi connectivity index (χ0) is 20.3. The molecule has 1 amide bonds. The zero-order valence-corrected chi connectivity index (χ0v) is 15.2. The van der Waals surface area contributed by atoms with E-state index in [9.17, 15) is 19.7 Å². The predicted octanol–water partition coefficient (Wildman–Crippen LogP) is 0.843. The molecule has 1 fully saturated rings. The lowest BCUT2D eigenvalue weighted by molar-refractivity contribution is -0.384. The first kappa shape index (κ1) is 19.4. The Kier molecular flexibility index (Phi) is 5.64. The van der Waals surface area contributed by atoms with Gasteiger partial charge < -0.3 is 10.4 Å². The Labute approximate surface area is 160 Å². The first-order valence-electron chi connectivity index (χ1n) is 8.79. The Morgan fingerprint density at radius 1 is 1.43 bits per heavy atom. The van der Waals surface area contributed by atoms with Crippen molar-refractivity contribution in [1.29, 1.82) is 0 Å². The van der Waals surface area contributed by atoms with Crippen LogP contribution in [0.25, 0.3) is 5.69 Å². The van der Waals surface area contributed by atoms with Crippen molar-refractivity contribution in [2.45, 2.75) is 31.8 Å². The van der Waals surface area contributed by atoms with Gasteiger partial charge in [-0.25, -0.2) is 9.67 Å².